The van der Waals surface area contributed by atoms with Gasteiger partial charge >= 0.3 is 5.97 Å². The molecule has 26 heavy (non-hydrogen) atoms. The molecule has 0 aliphatic heterocycles. The van der Waals surface area contributed by atoms with Gasteiger partial charge in [0.25, 0.3) is 5.91 Å². The minimum atomic E-state index is -1.15. The molecule has 136 valence electrons. The molecule has 2 rings (SSSR count). The van der Waals surface area contributed by atoms with Gasteiger partial charge in [-0.1, -0.05) is 27.5 Å². The molecule has 2 aromatic rings. The molecule has 0 aromatic heterocycles. The van der Waals surface area contributed by atoms with Gasteiger partial charge in [-0.25, -0.2) is 4.79 Å². The Bertz CT molecular complexity index is 840. The molecule has 0 bridgehead atoms. The molecular weight excluding hydrogens is 424 g/mol. The molecule has 0 aliphatic carbocycles. The Labute approximate surface area is 163 Å². The van der Waals surface area contributed by atoms with Gasteiger partial charge in [0.05, 0.1) is 0 Å². The molecule has 0 fully saturated rings. The van der Waals surface area contributed by atoms with E-state index < -0.39 is 17.9 Å². The van der Waals surface area contributed by atoms with Gasteiger partial charge in [-0.05, 0) is 48.0 Å². The quantitative estimate of drug-likeness (QED) is 0.642. The van der Waals surface area contributed by atoms with Gasteiger partial charge < -0.3 is 15.7 Å². The Morgan fingerprint density at radius 2 is 1.81 bits per heavy atom. The Kier molecular flexibility index (Phi) is 6.76. The largest absolute Gasteiger partial charge is 0.480 e. The van der Waals surface area contributed by atoms with E-state index in [0.29, 0.717) is 20.7 Å². The van der Waals surface area contributed by atoms with Crippen LogP contribution >= 0.6 is 27.5 Å². The first-order chi connectivity index (χ1) is 12.3. The Morgan fingerprint density at radius 3 is 2.38 bits per heavy atom. The average Bonchev–Trinajstić information content (AvgIpc) is 2.57. The molecule has 0 aliphatic rings. The van der Waals surface area contributed by atoms with E-state index in [-0.39, 0.29) is 17.9 Å². The van der Waals surface area contributed by atoms with Crippen LogP contribution in [0.1, 0.15) is 22.8 Å². The number of amides is 2. The summed E-state index contributed by atoms with van der Waals surface area (Å²) in [6.45, 7) is 1.38. The molecule has 2 amide bonds. The predicted octanol–water partition coefficient (Wildman–Crippen LogP) is 3.49. The summed E-state index contributed by atoms with van der Waals surface area (Å²) in [6, 6.07) is 10.1. The minimum Gasteiger partial charge on any atom is -0.480 e. The van der Waals surface area contributed by atoms with Crippen molar-refractivity contribution in [1.82, 2.24) is 5.32 Å². The zero-order chi connectivity index (χ0) is 19.3. The summed E-state index contributed by atoms with van der Waals surface area (Å²) in [6.07, 6.45) is 0.0756. The number of halogens is 2. The van der Waals surface area contributed by atoms with Crippen molar-refractivity contribution in [2.45, 2.75) is 19.4 Å². The lowest BCUT2D eigenvalue weighted by atomic mass is 10.1. The molecule has 3 N–H and O–H groups in total. The third-order valence-corrected chi connectivity index (χ3v) is 4.51. The third-order valence-electron chi connectivity index (χ3n) is 3.50. The standard InChI is InChI=1S/C18H16BrClN2O4/c1-10(23)21-14-5-2-11(3-6-14)17(24)22-16(18(25)26)9-12-8-13(20)4-7-15(12)19/h2-8,16H,9H2,1H3,(H,21,23)(H,22,24)(H,25,26)/t16-/m1/s1. The van der Waals surface area contributed by atoms with Gasteiger partial charge in [0.1, 0.15) is 6.04 Å². The van der Waals surface area contributed by atoms with Crippen molar-refractivity contribution >= 4 is 51.0 Å². The van der Waals surface area contributed by atoms with E-state index >= 15 is 0 Å². The summed E-state index contributed by atoms with van der Waals surface area (Å²) in [7, 11) is 0. The van der Waals surface area contributed by atoms with Crippen molar-refractivity contribution in [3.8, 4) is 0 Å². The van der Waals surface area contributed by atoms with Crippen LogP contribution in [-0.2, 0) is 16.0 Å². The number of rotatable bonds is 6. The molecule has 6 nitrogen and oxygen atoms in total. The van der Waals surface area contributed by atoms with Crippen LogP contribution in [0.3, 0.4) is 0 Å². The fourth-order valence-electron chi connectivity index (χ4n) is 2.27. The van der Waals surface area contributed by atoms with E-state index in [1.54, 1.807) is 30.3 Å². The van der Waals surface area contributed by atoms with Crippen LogP contribution < -0.4 is 10.6 Å². The molecule has 0 spiro atoms. The molecule has 0 unspecified atom stereocenters. The van der Waals surface area contributed by atoms with E-state index in [9.17, 15) is 19.5 Å². The number of carbonyl (C=O) groups is 3. The molecular formula is C18H16BrClN2O4. The van der Waals surface area contributed by atoms with E-state index in [2.05, 4.69) is 26.6 Å². The van der Waals surface area contributed by atoms with Crippen LogP contribution in [-0.4, -0.2) is 28.9 Å². The van der Waals surface area contributed by atoms with Crippen molar-refractivity contribution in [3.05, 3.63) is 63.1 Å². The van der Waals surface area contributed by atoms with E-state index in [0.717, 1.165) is 0 Å². The first-order valence-corrected chi connectivity index (χ1v) is 8.78. The highest BCUT2D eigenvalue weighted by molar-refractivity contribution is 9.10. The van der Waals surface area contributed by atoms with Gasteiger partial charge in [0, 0.05) is 34.1 Å². The van der Waals surface area contributed by atoms with Crippen LogP contribution in [0.4, 0.5) is 5.69 Å². The third kappa shape index (κ3) is 5.57. The molecule has 1 atom stereocenters. The fourth-order valence-corrected chi connectivity index (χ4v) is 2.87. The lowest BCUT2D eigenvalue weighted by Gasteiger charge is -2.16. The molecule has 0 saturated carbocycles. The summed E-state index contributed by atoms with van der Waals surface area (Å²) in [5.74, 6) is -1.90. The minimum absolute atomic E-state index is 0.0756. The van der Waals surface area contributed by atoms with Crippen LogP contribution in [0.15, 0.2) is 46.9 Å². The van der Waals surface area contributed by atoms with E-state index in [4.69, 9.17) is 11.6 Å². The summed E-state index contributed by atoms with van der Waals surface area (Å²) in [5, 5.41) is 15.0. The van der Waals surface area contributed by atoms with Crippen molar-refractivity contribution in [3.63, 3.8) is 0 Å². The topological polar surface area (TPSA) is 95.5 Å². The second-order valence-corrected chi connectivity index (χ2v) is 6.85. The summed E-state index contributed by atoms with van der Waals surface area (Å²) >= 11 is 9.29. The molecule has 0 saturated heterocycles. The lowest BCUT2D eigenvalue weighted by Crippen LogP contribution is -2.42. The van der Waals surface area contributed by atoms with Crippen molar-refractivity contribution < 1.29 is 19.5 Å². The molecule has 0 radical (unpaired) electrons. The number of carboxylic acid groups (broad SMARTS) is 1. The van der Waals surface area contributed by atoms with Gasteiger partial charge in [-0.15, -0.1) is 0 Å². The number of nitrogens with one attached hydrogen (secondary N) is 2. The lowest BCUT2D eigenvalue weighted by molar-refractivity contribution is -0.139. The van der Waals surface area contributed by atoms with Crippen LogP contribution in [0.25, 0.3) is 0 Å². The number of hydrogen-bond acceptors (Lipinski definition) is 3. The van der Waals surface area contributed by atoms with Crippen molar-refractivity contribution in [1.29, 1.82) is 0 Å². The number of benzene rings is 2. The Hall–Kier alpha value is -2.38. The maximum absolute atomic E-state index is 12.3. The van der Waals surface area contributed by atoms with Crippen molar-refractivity contribution in [2.75, 3.05) is 5.32 Å². The van der Waals surface area contributed by atoms with Gasteiger partial charge in [-0.2, -0.15) is 0 Å². The zero-order valence-electron chi connectivity index (χ0n) is 13.8. The first-order valence-electron chi connectivity index (χ1n) is 7.61. The van der Waals surface area contributed by atoms with Gasteiger partial charge in [0.2, 0.25) is 5.91 Å². The number of carbonyl (C=O) groups excluding carboxylic acids is 2. The highest BCUT2D eigenvalue weighted by atomic mass is 79.9. The van der Waals surface area contributed by atoms with Crippen LogP contribution in [0, 0.1) is 0 Å². The first kappa shape index (κ1) is 19.9. The van der Waals surface area contributed by atoms with Crippen LogP contribution in [0.2, 0.25) is 5.02 Å². The number of carboxylic acids is 1. The predicted molar refractivity (Wildman–Crippen MR) is 102 cm³/mol. The van der Waals surface area contributed by atoms with E-state index in [1.807, 2.05) is 0 Å². The highest BCUT2D eigenvalue weighted by Gasteiger charge is 2.22. The molecule has 0 heterocycles. The number of hydrogen-bond donors (Lipinski definition) is 3. The summed E-state index contributed by atoms with van der Waals surface area (Å²) in [5.41, 5.74) is 1.51. The second-order valence-electron chi connectivity index (χ2n) is 5.56. The summed E-state index contributed by atoms with van der Waals surface area (Å²) in [4.78, 5) is 34.9. The zero-order valence-corrected chi connectivity index (χ0v) is 16.1. The maximum Gasteiger partial charge on any atom is 0.326 e. The normalized spacial score (nSPS) is 11.5. The Balaban J connectivity index is 2.11. The van der Waals surface area contributed by atoms with Gasteiger partial charge in [0.15, 0.2) is 0 Å². The number of anilines is 1. The summed E-state index contributed by atoms with van der Waals surface area (Å²) < 4.78 is 0.710. The smallest absolute Gasteiger partial charge is 0.326 e. The SMILES string of the molecule is CC(=O)Nc1ccc(C(=O)N[C@H](Cc2cc(Cl)ccc2Br)C(=O)O)cc1. The average molecular weight is 440 g/mol. The highest BCUT2D eigenvalue weighted by Crippen LogP contribution is 2.22. The fraction of sp³-hybridized carbons (Fsp3) is 0.167. The monoisotopic (exact) mass is 438 g/mol. The molecule has 8 heteroatoms. The second kappa shape index (κ2) is 8.82. The molecule has 2 aromatic carbocycles. The number of aliphatic carboxylic acids is 1. The van der Waals surface area contributed by atoms with Gasteiger partial charge in [-0.3, -0.25) is 9.59 Å². The van der Waals surface area contributed by atoms with Crippen LogP contribution in [0.5, 0.6) is 0 Å². The Morgan fingerprint density at radius 1 is 1.15 bits per heavy atom. The van der Waals surface area contributed by atoms with Crippen molar-refractivity contribution in [2.24, 2.45) is 0 Å². The van der Waals surface area contributed by atoms with E-state index in [1.165, 1.54) is 19.1 Å². The maximum atomic E-state index is 12.3.